The van der Waals surface area contributed by atoms with Crippen LogP contribution in [0.1, 0.15) is 40.7 Å². The first-order valence-corrected chi connectivity index (χ1v) is 7.25. The van der Waals surface area contributed by atoms with Crippen LogP contribution in [0.4, 0.5) is 4.39 Å². The lowest BCUT2D eigenvalue weighted by Gasteiger charge is -2.24. The SMILES string of the molecule is Cc1cc(C(=O)N[C@@H](c2ccc(F)cc2)[C@@H]2CCCO2)on1. The molecular formula is C16H17FN2O3. The molecule has 1 aromatic carbocycles. The summed E-state index contributed by atoms with van der Waals surface area (Å²) in [6.45, 7) is 2.41. The first-order chi connectivity index (χ1) is 10.6. The number of benzene rings is 1. The lowest BCUT2D eigenvalue weighted by Crippen LogP contribution is -2.36. The highest BCUT2D eigenvalue weighted by Crippen LogP contribution is 2.27. The molecule has 1 aliphatic rings. The summed E-state index contributed by atoms with van der Waals surface area (Å²) < 4.78 is 23.8. The summed E-state index contributed by atoms with van der Waals surface area (Å²) in [5.41, 5.74) is 1.44. The van der Waals surface area contributed by atoms with Crippen LogP contribution in [0.15, 0.2) is 34.9 Å². The van der Waals surface area contributed by atoms with E-state index in [1.54, 1.807) is 25.1 Å². The molecule has 0 spiro atoms. The highest BCUT2D eigenvalue weighted by atomic mass is 19.1. The van der Waals surface area contributed by atoms with Gasteiger partial charge >= 0.3 is 0 Å². The average molecular weight is 304 g/mol. The molecule has 2 aromatic rings. The van der Waals surface area contributed by atoms with E-state index in [-0.39, 0.29) is 29.6 Å². The summed E-state index contributed by atoms with van der Waals surface area (Å²) in [6, 6.07) is 7.30. The minimum atomic E-state index is -0.356. The van der Waals surface area contributed by atoms with Gasteiger partial charge in [-0.3, -0.25) is 4.79 Å². The van der Waals surface area contributed by atoms with E-state index in [9.17, 15) is 9.18 Å². The third-order valence-corrected chi connectivity index (χ3v) is 3.70. The zero-order valence-electron chi connectivity index (χ0n) is 12.2. The standard InChI is InChI=1S/C16H17FN2O3/c1-10-9-14(22-19-10)16(20)18-15(13-3-2-8-21-13)11-4-6-12(17)7-5-11/h4-7,9,13,15H,2-3,8H2,1H3,(H,18,20)/t13-,15-/m0/s1. The molecule has 0 aliphatic carbocycles. The fourth-order valence-electron chi connectivity index (χ4n) is 2.61. The first kappa shape index (κ1) is 14.7. The molecule has 3 rings (SSSR count). The molecule has 2 atom stereocenters. The minimum Gasteiger partial charge on any atom is -0.376 e. The van der Waals surface area contributed by atoms with Crippen LogP contribution in [0, 0.1) is 12.7 Å². The monoisotopic (exact) mass is 304 g/mol. The molecule has 1 amide bonds. The van der Waals surface area contributed by atoms with E-state index in [0.717, 1.165) is 18.4 Å². The van der Waals surface area contributed by atoms with Crippen molar-refractivity contribution in [3.63, 3.8) is 0 Å². The Hall–Kier alpha value is -2.21. The van der Waals surface area contributed by atoms with Gasteiger partial charge in [0.05, 0.1) is 17.8 Å². The molecular weight excluding hydrogens is 287 g/mol. The van der Waals surface area contributed by atoms with Gasteiger partial charge in [0.25, 0.3) is 5.91 Å². The number of hydrogen-bond acceptors (Lipinski definition) is 4. The smallest absolute Gasteiger partial charge is 0.290 e. The van der Waals surface area contributed by atoms with Crippen molar-refractivity contribution in [1.82, 2.24) is 10.5 Å². The van der Waals surface area contributed by atoms with E-state index in [0.29, 0.717) is 12.3 Å². The number of aryl methyl sites for hydroxylation is 1. The quantitative estimate of drug-likeness (QED) is 0.943. The summed E-state index contributed by atoms with van der Waals surface area (Å²) in [7, 11) is 0. The Labute approximate surface area is 127 Å². The van der Waals surface area contributed by atoms with Crippen molar-refractivity contribution in [3.05, 3.63) is 53.2 Å². The summed E-state index contributed by atoms with van der Waals surface area (Å²) >= 11 is 0. The molecule has 1 saturated heterocycles. The van der Waals surface area contributed by atoms with Gasteiger partial charge in [-0.25, -0.2) is 4.39 Å². The molecule has 6 heteroatoms. The van der Waals surface area contributed by atoms with Gasteiger partial charge in [0.1, 0.15) is 5.82 Å². The highest BCUT2D eigenvalue weighted by molar-refractivity contribution is 5.91. The fourth-order valence-corrected chi connectivity index (χ4v) is 2.61. The van der Waals surface area contributed by atoms with E-state index < -0.39 is 0 Å². The van der Waals surface area contributed by atoms with Crippen molar-refractivity contribution in [3.8, 4) is 0 Å². The van der Waals surface area contributed by atoms with E-state index >= 15 is 0 Å². The van der Waals surface area contributed by atoms with Gasteiger partial charge < -0.3 is 14.6 Å². The topological polar surface area (TPSA) is 64.4 Å². The second-order valence-corrected chi connectivity index (χ2v) is 5.39. The number of amides is 1. The zero-order chi connectivity index (χ0) is 15.5. The number of hydrogen-bond donors (Lipinski definition) is 1. The molecule has 1 fully saturated rings. The van der Waals surface area contributed by atoms with E-state index in [1.165, 1.54) is 12.1 Å². The van der Waals surface area contributed by atoms with Gasteiger partial charge in [-0.05, 0) is 37.5 Å². The number of carbonyl (C=O) groups is 1. The average Bonchev–Trinajstić information content (AvgIpc) is 3.17. The molecule has 0 bridgehead atoms. The van der Waals surface area contributed by atoms with Crippen LogP contribution in [0.5, 0.6) is 0 Å². The van der Waals surface area contributed by atoms with Gasteiger partial charge in [-0.1, -0.05) is 17.3 Å². The molecule has 22 heavy (non-hydrogen) atoms. The molecule has 116 valence electrons. The Kier molecular flexibility index (Phi) is 4.20. The Balaban J connectivity index is 1.82. The van der Waals surface area contributed by atoms with Gasteiger partial charge in [-0.2, -0.15) is 0 Å². The lowest BCUT2D eigenvalue weighted by atomic mass is 9.99. The molecule has 2 heterocycles. The van der Waals surface area contributed by atoms with Crippen molar-refractivity contribution < 1.29 is 18.4 Å². The maximum absolute atomic E-state index is 13.1. The summed E-state index contributed by atoms with van der Waals surface area (Å²) in [6.07, 6.45) is 1.66. The largest absolute Gasteiger partial charge is 0.376 e. The highest BCUT2D eigenvalue weighted by Gasteiger charge is 2.29. The lowest BCUT2D eigenvalue weighted by molar-refractivity contribution is 0.0653. The molecule has 1 N–H and O–H groups in total. The van der Waals surface area contributed by atoms with Gasteiger partial charge in [0.15, 0.2) is 0 Å². The van der Waals surface area contributed by atoms with Crippen LogP contribution in [0.2, 0.25) is 0 Å². The Morgan fingerprint density at radius 2 is 2.18 bits per heavy atom. The van der Waals surface area contributed by atoms with E-state index in [1.807, 2.05) is 0 Å². The normalized spacial score (nSPS) is 19.1. The number of ether oxygens (including phenoxy) is 1. The van der Waals surface area contributed by atoms with Gasteiger partial charge in [0, 0.05) is 12.7 Å². The van der Waals surface area contributed by atoms with Crippen molar-refractivity contribution in [2.24, 2.45) is 0 Å². The molecule has 1 aliphatic heterocycles. The molecule has 0 unspecified atom stereocenters. The molecule has 5 nitrogen and oxygen atoms in total. The fraction of sp³-hybridized carbons (Fsp3) is 0.375. The van der Waals surface area contributed by atoms with Gasteiger partial charge in [0.2, 0.25) is 5.76 Å². The molecule has 0 saturated carbocycles. The van der Waals surface area contributed by atoms with Crippen LogP contribution in [-0.4, -0.2) is 23.8 Å². The van der Waals surface area contributed by atoms with Crippen LogP contribution in [-0.2, 0) is 4.74 Å². The number of halogens is 1. The van der Waals surface area contributed by atoms with Crippen LogP contribution in [0.3, 0.4) is 0 Å². The summed E-state index contributed by atoms with van der Waals surface area (Å²) in [4.78, 5) is 12.3. The van der Waals surface area contributed by atoms with E-state index in [4.69, 9.17) is 9.26 Å². The van der Waals surface area contributed by atoms with Crippen LogP contribution < -0.4 is 5.32 Å². The second kappa shape index (κ2) is 6.27. The first-order valence-electron chi connectivity index (χ1n) is 7.25. The molecule has 0 radical (unpaired) electrons. The maximum Gasteiger partial charge on any atom is 0.290 e. The predicted molar refractivity (Wildman–Crippen MR) is 76.8 cm³/mol. The van der Waals surface area contributed by atoms with Crippen molar-refractivity contribution in [2.75, 3.05) is 6.61 Å². The summed E-state index contributed by atoms with van der Waals surface area (Å²) in [5, 5.41) is 6.61. The Bertz CT molecular complexity index is 648. The predicted octanol–water partition coefficient (Wildman–Crippen LogP) is 2.77. The van der Waals surface area contributed by atoms with Crippen molar-refractivity contribution in [2.45, 2.75) is 31.9 Å². The van der Waals surface area contributed by atoms with Crippen LogP contribution >= 0.6 is 0 Å². The minimum absolute atomic E-state index is 0.126. The number of rotatable bonds is 4. The molecule has 1 aromatic heterocycles. The number of nitrogens with zero attached hydrogens (tertiary/aromatic N) is 1. The van der Waals surface area contributed by atoms with Crippen molar-refractivity contribution in [1.29, 1.82) is 0 Å². The Morgan fingerprint density at radius 3 is 2.77 bits per heavy atom. The maximum atomic E-state index is 13.1. The third kappa shape index (κ3) is 3.17. The van der Waals surface area contributed by atoms with Crippen LogP contribution in [0.25, 0.3) is 0 Å². The zero-order valence-corrected chi connectivity index (χ0v) is 12.2. The van der Waals surface area contributed by atoms with Gasteiger partial charge in [-0.15, -0.1) is 0 Å². The number of aromatic nitrogens is 1. The number of nitrogens with one attached hydrogen (secondary N) is 1. The number of carbonyl (C=O) groups excluding carboxylic acids is 1. The van der Waals surface area contributed by atoms with E-state index in [2.05, 4.69) is 10.5 Å². The second-order valence-electron chi connectivity index (χ2n) is 5.39. The Morgan fingerprint density at radius 1 is 1.41 bits per heavy atom. The third-order valence-electron chi connectivity index (χ3n) is 3.70. The summed E-state index contributed by atoms with van der Waals surface area (Å²) in [5.74, 6) is -0.514. The van der Waals surface area contributed by atoms with Crippen molar-refractivity contribution >= 4 is 5.91 Å².